The van der Waals surface area contributed by atoms with Gasteiger partial charge < -0.3 is 10.6 Å². The van der Waals surface area contributed by atoms with Crippen LogP contribution in [0, 0.1) is 5.82 Å². The lowest BCUT2D eigenvalue weighted by atomic mass is 10.2. The second kappa shape index (κ2) is 4.94. The summed E-state index contributed by atoms with van der Waals surface area (Å²) in [5.41, 5.74) is 7.03. The Labute approximate surface area is 108 Å². The summed E-state index contributed by atoms with van der Waals surface area (Å²) in [6.45, 7) is 0.702. The predicted octanol–water partition coefficient (Wildman–Crippen LogP) is 3.76. The van der Waals surface area contributed by atoms with Crippen molar-refractivity contribution in [1.82, 2.24) is 0 Å². The standard InChI is InChI=1S/C12H12ClFN2S/c1-16(7-9-3-5-12(13)17-9)11-4-2-8(14)6-10(11)15/h2-6H,7,15H2,1H3. The van der Waals surface area contributed by atoms with Crippen LogP contribution in [-0.4, -0.2) is 7.05 Å². The Hall–Kier alpha value is -1.26. The molecule has 0 unspecified atom stereocenters. The topological polar surface area (TPSA) is 29.3 Å². The molecule has 2 N–H and O–H groups in total. The van der Waals surface area contributed by atoms with E-state index in [-0.39, 0.29) is 5.82 Å². The van der Waals surface area contributed by atoms with Crippen molar-refractivity contribution in [2.24, 2.45) is 0 Å². The number of benzene rings is 1. The lowest BCUT2D eigenvalue weighted by molar-refractivity contribution is 0.628. The number of nitrogens with zero attached hydrogens (tertiary/aromatic N) is 1. The van der Waals surface area contributed by atoms with Gasteiger partial charge in [0.15, 0.2) is 0 Å². The SMILES string of the molecule is CN(Cc1ccc(Cl)s1)c1ccc(F)cc1N. The Morgan fingerprint density at radius 3 is 2.71 bits per heavy atom. The van der Waals surface area contributed by atoms with Crippen molar-refractivity contribution in [2.75, 3.05) is 17.7 Å². The summed E-state index contributed by atoms with van der Waals surface area (Å²) in [7, 11) is 1.91. The maximum Gasteiger partial charge on any atom is 0.125 e. The number of thiophene rings is 1. The van der Waals surface area contributed by atoms with Crippen molar-refractivity contribution in [3.8, 4) is 0 Å². The minimum atomic E-state index is -0.321. The Bertz CT molecular complexity index is 527. The third-order valence-electron chi connectivity index (χ3n) is 2.42. The Balaban J connectivity index is 2.17. The van der Waals surface area contributed by atoms with Crippen LogP contribution in [0.2, 0.25) is 4.34 Å². The first kappa shape index (κ1) is 12.2. The van der Waals surface area contributed by atoms with E-state index < -0.39 is 0 Å². The van der Waals surface area contributed by atoms with E-state index in [0.29, 0.717) is 12.2 Å². The normalized spacial score (nSPS) is 10.5. The number of nitrogens with two attached hydrogens (primary N) is 1. The van der Waals surface area contributed by atoms with Gasteiger partial charge in [0.1, 0.15) is 5.82 Å². The third-order valence-corrected chi connectivity index (χ3v) is 3.64. The second-order valence-electron chi connectivity index (χ2n) is 3.77. The van der Waals surface area contributed by atoms with Crippen LogP contribution >= 0.6 is 22.9 Å². The minimum Gasteiger partial charge on any atom is -0.397 e. The molecule has 0 aliphatic rings. The van der Waals surface area contributed by atoms with Gasteiger partial charge in [0.2, 0.25) is 0 Å². The lowest BCUT2D eigenvalue weighted by Crippen LogP contribution is -2.17. The summed E-state index contributed by atoms with van der Waals surface area (Å²) in [5.74, 6) is -0.321. The van der Waals surface area contributed by atoms with E-state index in [1.165, 1.54) is 23.5 Å². The van der Waals surface area contributed by atoms with Gasteiger partial charge in [-0.3, -0.25) is 0 Å². The minimum absolute atomic E-state index is 0.321. The van der Waals surface area contributed by atoms with Crippen molar-refractivity contribution in [2.45, 2.75) is 6.54 Å². The molecule has 0 fully saturated rings. The van der Waals surface area contributed by atoms with Gasteiger partial charge in [-0.2, -0.15) is 0 Å². The molecule has 5 heteroatoms. The molecule has 0 amide bonds. The quantitative estimate of drug-likeness (QED) is 0.861. The number of hydrogen-bond donors (Lipinski definition) is 1. The smallest absolute Gasteiger partial charge is 0.125 e. The molecule has 2 rings (SSSR count). The van der Waals surface area contributed by atoms with Crippen LogP contribution in [0.25, 0.3) is 0 Å². The van der Waals surface area contributed by atoms with E-state index >= 15 is 0 Å². The van der Waals surface area contributed by atoms with Crippen molar-refractivity contribution >= 4 is 34.3 Å². The largest absolute Gasteiger partial charge is 0.397 e. The number of anilines is 2. The van der Waals surface area contributed by atoms with Gasteiger partial charge in [0, 0.05) is 11.9 Å². The van der Waals surface area contributed by atoms with Crippen LogP contribution in [-0.2, 0) is 6.54 Å². The summed E-state index contributed by atoms with van der Waals surface area (Å²) in [6, 6.07) is 8.25. The molecular formula is C12H12ClFN2S. The summed E-state index contributed by atoms with van der Waals surface area (Å²) >= 11 is 7.40. The highest BCUT2D eigenvalue weighted by atomic mass is 35.5. The highest BCUT2D eigenvalue weighted by Crippen LogP contribution is 2.27. The zero-order chi connectivity index (χ0) is 12.4. The maximum atomic E-state index is 12.9. The van der Waals surface area contributed by atoms with Gasteiger partial charge in [-0.15, -0.1) is 11.3 Å². The maximum absolute atomic E-state index is 12.9. The zero-order valence-corrected chi connectivity index (χ0v) is 10.9. The van der Waals surface area contributed by atoms with Gasteiger partial charge in [-0.1, -0.05) is 11.6 Å². The number of hydrogen-bond acceptors (Lipinski definition) is 3. The van der Waals surface area contributed by atoms with Crippen LogP contribution in [0.3, 0.4) is 0 Å². The molecule has 2 nitrogen and oxygen atoms in total. The first-order chi connectivity index (χ1) is 8.06. The van der Waals surface area contributed by atoms with Gasteiger partial charge >= 0.3 is 0 Å². The average molecular weight is 271 g/mol. The monoisotopic (exact) mass is 270 g/mol. The van der Waals surface area contributed by atoms with Gasteiger partial charge in [0.25, 0.3) is 0 Å². The molecule has 0 saturated heterocycles. The van der Waals surface area contributed by atoms with E-state index in [1.807, 2.05) is 24.1 Å². The molecule has 90 valence electrons. The van der Waals surface area contributed by atoms with Crippen molar-refractivity contribution < 1.29 is 4.39 Å². The highest BCUT2D eigenvalue weighted by Gasteiger charge is 2.08. The average Bonchev–Trinajstić information content (AvgIpc) is 2.63. The van der Waals surface area contributed by atoms with Crippen LogP contribution in [0.4, 0.5) is 15.8 Å². The first-order valence-corrected chi connectivity index (χ1v) is 6.26. The molecule has 1 aromatic heterocycles. The summed E-state index contributed by atoms with van der Waals surface area (Å²) in [5, 5.41) is 0. The molecule has 1 heterocycles. The van der Waals surface area contributed by atoms with Crippen LogP contribution in [0.15, 0.2) is 30.3 Å². The fraction of sp³-hybridized carbons (Fsp3) is 0.167. The lowest BCUT2D eigenvalue weighted by Gasteiger charge is -2.20. The summed E-state index contributed by atoms with van der Waals surface area (Å²) in [6.07, 6.45) is 0. The number of halogens is 2. The summed E-state index contributed by atoms with van der Waals surface area (Å²) in [4.78, 5) is 3.11. The van der Waals surface area contributed by atoms with E-state index in [4.69, 9.17) is 17.3 Å². The first-order valence-electron chi connectivity index (χ1n) is 5.06. The Morgan fingerprint density at radius 1 is 1.35 bits per heavy atom. The van der Waals surface area contributed by atoms with Gasteiger partial charge in [-0.05, 0) is 30.3 Å². The van der Waals surface area contributed by atoms with Crippen molar-refractivity contribution in [1.29, 1.82) is 0 Å². The second-order valence-corrected chi connectivity index (χ2v) is 5.56. The molecule has 0 aliphatic carbocycles. The van der Waals surface area contributed by atoms with E-state index in [9.17, 15) is 4.39 Å². The zero-order valence-electron chi connectivity index (χ0n) is 9.28. The Kier molecular flexibility index (Phi) is 3.54. The fourth-order valence-corrected chi connectivity index (χ4v) is 2.77. The summed E-state index contributed by atoms with van der Waals surface area (Å²) < 4.78 is 13.7. The third kappa shape index (κ3) is 2.90. The molecule has 0 radical (unpaired) electrons. The van der Waals surface area contributed by atoms with Crippen molar-refractivity contribution in [3.05, 3.63) is 45.4 Å². The molecule has 0 spiro atoms. The molecular weight excluding hydrogens is 259 g/mol. The fourth-order valence-electron chi connectivity index (χ4n) is 1.63. The van der Waals surface area contributed by atoms with Crippen LogP contribution in [0.5, 0.6) is 0 Å². The van der Waals surface area contributed by atoms with Gasteiger partial charge in [-0.25, -0.2) is 4.39 Å². The van der Waals surface area contributed by atoms with Crippen LogP contribution < -0.4 is 10.6 Å². The Morgan fingerprint density at radius 2 is 2.12 bits per heavy atom. The molecule has 0 bridgehead atoms. The van der Waals surface area contributed by atoms with Crippen LogP contribution in [0.1, 0.15) is 4.88 Å². The molecule has 2 aromatic rings. The predicted molar refractivity (Wildman–Crippen MR) is 72.2 cm³/mol. The molecule has 0 aliphatic heterocycles. The molecule has 0 saturated carbocycles. The van der Waals surface area contributed by atoms with Gasteiger partial charge in [0.05, 0.1) is 22.3 Å². The molecule has 0 atom stereocenters. The highest BCUT2D eigenvalue weighted by molar-refractivity contribution is 7.16. The number of rotatable bonds is 3. The van der Waals surface area contributed by atoms with E-state index in [1.54, 1.807) is 6.07 Å². The van der Waals surface area contributed by atoms with E-state index in [2.05, 4.69) is 0 Å². The molecule has 17 heavy (non-hydrogen) atoms. The molecule has 1 aromatic carbocycles. The number of nitrogen functional groups attached to an aromatic ring is 1. The van der Waals surface area contributed by atoms with Crippen molar-refractivity contribution in [3.63, 3.8) is 0 Å². The van der Waals surface area contributed by atoms with E-state index in [0.717, 1.165) is 14.9 Å².